The molecule has 3 N–H and O–H groups in total. The molecular weight excluding hydrogens is 394 g/mol. The smallest absolute Gasteiger partial charge is 0.413 e. The van der Waals surface area contributed by atoms with Gasteiger partial charge in [0, 0.05) is 17.4 Å². The predicted molar refractivity (Wildman–Crippen MR) is 110 cm³/mol. The fraction of sp³-hybridized carbons (Fsp3) is 0.850. The van der Waals surface area contributed by atoms with E-state index in [1.54, 1.807) is 18.7 Å². The molecule has 1 saturated carbocycles. The number of ether oxygens (including phenoxy) is 2. The third-order valence-corrected chi connectivity index (χ3v) is 7.11. The Morgan fingerprint density at radius 2 is 1.93 bits per heavy atom. The monoisotopic (exact) mass is 427 g/mol. The molecule has 3 fully saturated rings. The van der Waals surface area contributed by atoms with Crippen LogP contribution in [0.3, 0.4) is 0 Å². The lowest BCUT2D eigenvalue weighted by Gasteiger charge is -2.30. The van der Waals surface area contributed by atoms with Crippen LogP contribution in [0.2, 0.25) is 0 Å². The van der Waals surface area contributed by atoms with Gasteiger partial charge in [0.1, 0.15) is 6.23 Å². The van der Waals surface area contributed by atoms with Crippen LogP contribution in [0.4, 0.5) is 4.79 Å². The number of imide groups is 1. The number of thioether (sulfide) groups is 1. The van der Waals surface area contributed by atoms with Crippen LogP contribution in [0.15, 0.2) is 0 Å². The Morgan fingerprint density at radius 3 is 2.62 bits per heavy atom. The highest BCUT2D eigenvalue weighted by Gasteiger charge is 2.45. The Balaban J connectivity index is 1.52. The van der Waals surface area contributed by atoms with Crippen molar-refractivity contribution in [2.45, 2.75) is 77.1 Å². The molecule has 6 atom stereocenters. The van der Waals surface area contributed by atoms with Crippen LogP contribution in [0.1, 0.15) is 53.4 Å². The van der Waals surface area contributed by atoms with Gasteiger partial charge < -0.3 is 14.8 Å². The molecule has 1 aliphatic carbocycles. The van der Waals surface area contributed by atoms with Gasteiger partial charge in [-0.05, 0) is 38.4 Å². The van der Waals surface area contributed by atoms with Crippen molar-refractivity contribution in [3.05, 3.63) is 0 Å². The van der Waals surface area contributed by atoms with Gasteiger partial charge in [-0.15, -0.1) is 11.8 Å². The molecule has 2 saturated heterocycles. The molecule has 0 radical (unpaired) electrons. The first kappa shape index (κ1) is 22.4. The quantitative estimate of drug-likeness (QED) is 0.630. The number of hydrogen-bond acceptors (Lipinski definition) is 7. The Morgan fingerprint density at radius 1 is 1.17 bits per heavy atom. The molecule has 0 aromatic heterocycles. The summed E-state index contributed by atoms with van der Waals surface area (Å²) in [6.45, 7) is 8.32. The molecule has 0 bridgehead atoms. The van der Waals surface area contributed by atoms with Crippen LogP contribution < -0.4 is 16.0 Å². The summed E-state index contributed by atoms with van der Waals surface area (Å²) in [4.78, 5) is 36.8. The van der Waals surface area contributed by atoms with Gasteiger partial charge in [0.15, 0.2) is 0 Å². The first-order chi connectivity index (χ1) is 13.7. The summed E-state index contributed by atoms with van der Waals surface area (Å²) < 4.78 is 10.9. The molecule has 2 aliphatic heterocycles. The Bertz CT molecular complexity index is 638. The van der Waals surface area contributed by atoms with E-state index in [0.29, 0.717) is 6.42 Å². The van der Waals surface area contributed by atoms with Crippen LogP contribution in [-0.2, 0) is 19.1 Å². The second-order valence-electron chi connectivity index (χ2n) is 9.11. The third-order valence-electron chi connectivity index (χ3n) is 5.83. The Kier molecular flexibility index (Phi) is 7.11. The van der Waals surface area contributed by atoms with E-state index in [4.69, 9.17) is 9.47 Å². The normalized spacial score (nSPS) is 34.3. The van der Waals surface area contributed by atoms with Crippen LogP contribution >= 0.6 is 11.8 Å². The molecular formula is C20H33N3O5S. The highest BCUT2D eigenvalue weighted by molar-refractivity contribution is 8.00. The highest BCUT2D eigenvalue weighted by atomic mass is 32.2. The molecule has 9 heteroatoms. The Hall–Kier alpha value is -1.32. The first-order valence-corrected chi connectivity index (χ1v) is 11.5. The van der Waals surface area contributed by atoms with Gasteiger partial charge in [0.25, 0.3) is 0 Å². The largest absolute Gasteiger partial charge is 0.450 e. The standard InChI is InChI=1S/C20H33N3O5S/c1-5-27-19(26)23-16(25)12-8-9-29-17(12)22-15(24)11-6-7-14-13(10-11)21-18(28-14)20(2,3)4/h11-14,17-18,21H,5-10H2,1-4H3,(H,22,24)(H,23,25,26). The molecule has 6 unspecified atom stereocenters. The van der Waals surface area contributed by atoms with Crippen molar-refractivity contribution in [2.24, 2.45) is 17.3 Å². The average Bonchev–Trinajstić information content (AvgIpc) is 3.27. The number of fused-ring (bicyclic) bond motifs is 1. The predicted octanol–water partition coefficient (Wildman–Crippen LogP) is 1.98. The molecule has 3 aliphatic rings. The fourth-order valence-electron chi connectivity index (χ4n) is 4.20. The van der Waals surface area contributed by atoms with E-state index in [2.05, 4.69) is 36.7 Å². The maximum absolute atomic E-state index is 12.9. The molecule has 0 spiro atoms. The minimum Gasteiger partial charge on any atom is -0.450 e. The molecule has 2 heterocycles. The second-order valence-corrected chi connectivity index (χ2v) is 10.4. The molecule has 164 valence electrons. The van der Waals surface area contributed by atoms with E-state index in [1.165, 1.54) is 0 Å². The SMILES string of the molecule is CCOC(=O)NC(=O)C1CCSC1NC(=O)C1CCC2OC(C(C)(C)C)NC2C1. The summed E-state index contributed by atoms with van der Waals surface area (Å²) in [5.74, 6) is -0.160. The molecule has 0 aromatic carbocycles. The van der Waals surface area contributed by atoms with Gasteiger partial charge >= 0.3 is 6.09 Å². The minimum absolute atomic E-state index is 0.000604. The highest BCUT2D eigenvalue weighted by Crippen LogP contribution is 2.37. The topological polar surface area (TPSA) is 106 Å². The van der Waals surface area contributed by atoms with E-state index in [9.17, 15) is 14.4 Å². The van der Waals surface area contributed by atoms with E-state index in [1.807, 2.05) is 0 Å². The van der Waals surface area contributed by atoms with Crippen LogP contribution in [0.25, 0.3) is 0 Å². The lowest BCUT2D eigenvalue weighted by atomic mass is 9.83. The van der Waals surface area contributed by atoms with Crippen molar-refractivity contribution < 1.29 is 23.9 Å². The van der Waals surface area contributed by atoms with Crippen molar-refractivity contribution in [3.63, 3.8) is 0 Å². The van der Waals surface area contributed by atoms with Crippen LogP contribution in [0.5, 0.6) is 0 Å². The summed E-state index contributed by atoms with van der Waals surface area (Å²) in [5.41, 5.74) is 0.00902. The second kappa shape index (κ2) is 9.22. The number of hydrogen-bond donors (Lipinski definition) is 3. The van der Waals surface area contributed by atoms with Gasteiger partial charge in [-0.3, -0.25) is 20.2 Å². The van der Waals surface area contributed by atoms with Crippen molar-refractivity contribution in [2.75, 3.05) is 12.4 Å². The molecule has 29 heavy (non-hydrogen) atoms. The van der Waals surface area contributed by atoms with Crippen molar-refractivity contribution in [1.82, 2.24) is 16.0 Å². The third kappa shape index (κ3) is 5.44. The molecule has 0 aromatic rings. The zero-order valence-electron chi connectivity index (χ0n) is 17.7. The summed E-state index contributed by atoms with van der Waals surface area (Å²) in [7, 11) is 0. The van der Waals surface area contributed by atoms with Gasteiger partial charge in [-0.25, -0.2) is 4.79 Å². The van der Waals surface area contributed by atoms with Gasteiger partial charge in [0.2, 0.25) is 11.8 Å². The molecule has 8 nitrogen and oxygen atoms in total. The van der Waals surface area contributed by atoms with E-state index < -0.39 is 12.0 Å². The summed E-state index contributed by atoms with van der Waals surface area (Å²) in [6, 6.07) is 0.183. The maximum Gasteiger partial charge on any atom is 0.413 e. The number of nitrogens with one attached hydrogen (secondary N) is 3. The summed E-state index contributed by atoms with van der Waals surface area (Å²) in [6.07, 6.45) is 2.42. The number of alkyl carbamates (subject to hydrolysis) is 1. The van der Waals surface area contributed by atoms with Crippen LogP contribution in [-0.4, -0.2) is 54.0 Å². The lowest BCUT2D eigenvalue weighted by Crippen LogP contribution is -2.48. The minimum atomic E-state index is -0.737. The number of carbonyl (C=O) groups excluding carboxylic acids is 3. The van der Waals surface area contributed by atoms with Crippen molar-refractivity contribution in [3.8, 4) is 0 Å². The maximum atomic E-state index is 12.9. The van der Waals surface area contributed by atoms with Crippen molar-refractivity contribution in [1.29, 1.82) is 0 Å². The van der Waals surface area contributed by atoms with Crippen molar-refractivity contribution >= 4 is 29.7 Å². The molecule has 3 amide bonds. The van der Waals surface area contributed by atoms with E-state index in [-0.39, 0.29) is 53.5 Å². The lowest BCUT2D eigenvalue weighted by molar-refractivity contribution is -0.128. The summed E-state index contributed by atoms with van der Waals surface area (Å²) >= 11 is 1.55. The van der Waals surface area contributed by atoms with Gasteiger partial charge in [-0.2, -0.15) is 0 Å². The summed E-state index contributed by atoms with van der Waals surface area (Å²) in [5, 5.41) is 8.55. The van der Waals surface area contributed by atoms with E-state index in [0.717, 1.165) is 25.0 Å². The number of carbonyl (C=O) groups is 3. The zero-order chi connectivity index (χ0) is 21.2. The molecule has 3 rings (SSSR count). The zero-order valence-corrected chi connectivity index (χ0v) is 18.5. The Labute approximate surface area is 176 Å². The van der Waals surface area contributed by atoms with E-state index >= 15 is 0 Å². The first-order valence-electron chi connectivity index (χ1n) is 10.5. The fourth-order valence-corrected chi connectivity index (χ4v) is 5.54. The van der Waals surface area contributed by atoms with Gasteiger partial charge in [-0.1, -0.05) is 20.8 Å². The van der Waals surface area contributed by atoms with Gasteiger partial charge in [0.05, 0.1) is 24.0 Å². The number of amides is 3. The average molecular weight is 428 g/mol. The van der Waals surface area contributed by atoms with Crippen LogP contribution in [0, 0.1) is 17.3 Å². The number of rotatable bonds is 4.